The van der Waals surface area contributed by atoms with Gasteiger partial charge in [0.2, 0.25) is 0 Å². The van der Waals surface area contributed by atoms with Crippen LogP contribution in [0.1, 0.15) is 0 Å². The predicted molar refractivity (Wildman–Crippen MR) is 55.4 cm³/mol. The molecule has 64 valence electrons. The molecule has 1 rings (SSSR count). The molecular weight excluding hydrogens is 167 g/mol. The summed E-state index contributed by atoms with van der Waals surface area (Å²) in [4.78, 5) is 4.13. The zero-order valence-electron chi connectivity index (χ0n) is 7.20. The van der Waals surface area contributed by atoms with E-state index in [0.717, 1.165) is 18.5 Å². The molecule has 0 amide bonds. The summed E-state index contributed by atoms with van der Waals surface area (Å²) < 4.78 is 0. The van der Waals surface area contributed by atoms with E-state index < -0.39 is 0 Å². The maximum atomic E-state index is 5.66. The standard InChI is InChI=1S/C9H13N2P/c1-12(2)8-7-11-9-5-3-4-6-10-9/h1,3-6H,7-8H2,2H3,(H,10,11). The van der Waals surface area contributed by atoms with Gasteiger partial charge < -0.3 is 5.32 Å². The van der Waals surface area contributed by atoms with Gasteiger partial charge in [0.25, 0.3) is 0 Å². The summed E-state index contributed by atoms with van der Waals surface area (Å²) >= 11 is 0. The second-order valence-electron chi connectivity index (χ2n) is 2.62. The summed E-state index contributed by atoms with van der Waals surface area (Å²) in [5, 5.41) is 3.20. The van der Waals surface area contributed by atoms with Gasteiger partial charge in [0.1, 0.15) is 5.82 Å². The molecule has 3 heteroatoms. The lowest BCUT2D eigenvalue weighted by Gasteiger charge is -2.02. The Morgan fingerprint density at radius 2 is 2.42 bits per heavy atom. The van der Waals surface area contributed by atoms with E-state index in [1.807, 2.05) is 18.2 Å². The molecule has 0 saturated carbocycles. The van der Waals surface area contributed by atoms with Crippen molar-refractivity contribution in [3.8, 4) is 6.13 Å². The summed E-state index contributed by atoms with van der Waals surface area (Å²) in [5.41, 5.74) is 0. The largest absolute Gasteiger partial charge is 0.369 e. The molecule has 0 fully saturated rings. The molecule has 1 unspecified atom stereocenters. The first-order valence-corrected chi connectivity index (χ1v) is 5.94. The molecular formula is C9H13N2P. The average molecular weight is 180 g/mol. The first-order valence-electron chi connectivity index (χ1n) is 3.90. The number of hydrogen-bond donors (Lipinski definition) is 1. The smallest absolute Gasteiger partial charge is 0.125 e. The minimum Gasteiger partial charge on any atom is -0.369 e. The molecule has 0 spiro atoms. The zero-order valence-corrected chi connectivity index (χ0v) is 8.09. The van der Waals surface area contributed by atoms with Crippen molar-refractivity contribution < 1.29 is 0 Å². The summed E-state index contributed by atoms with van der Waals surface area (Å²) in [6.45, 7) is 2.98. The maximum Gasteiger partial charge on any atom is 0.125 e. The van der Waals surface area contributed by atoms with Crippen LogP contribution in [-0.2, 0) is 0 Å². The van der Waals surface area contributed by atoms with E-state index in [1.165, 1.54) is 0 Å². The highest BCUT2D eigenvalue weighted by atomic mass is 31.1. The fraction of sp³-hybridized carbons (Fsp3) is 0.333. The number of nitrogens with one attached hydrogen (secondary N) is 1. The van der Waals surface area contributed by atoms with Gasteiger partial charge in [-0.25, -0.2) is 4.98 Å². The predicted octanol–water partition coefficient (Wildman–Crippen LogP) is 2.19. The minimum atomic E-state index is -0.287. The SMILES string of the molecule is C#P(C)CCNc1ccccn1. The number of rotatable bonds is 3. The fourth-order valence-electron chi connectivity index (χ4n) is 0.828. The van der Waals surface area contributed by atoms with Gasteiger partial charge in [0.15, 0.2) is 0 Å². The Hall–Kier alpha value is -0.970. The molecule has 1 N–H and O–H groups in total. The van der Waals surface area contributed by atoms with E-state index in [1.54, 1.807) is 6.20 Å². The number of pyridine rings is 1. The number of aromatic nitrogens is 1. The third-order valence-electron chi connectivity index (χ3n) is 1.44. The highest BCUT2D eigenvalue weighted by Crippen LogP contribution is 2.08. The minimum absolute atomic E-state index is 0.287. The molecule has 0 aromatic carbocycles. The Morgan fingerprint density at radius 3 is 3.00 bits per heavy atom. The molecule has 0 saturated heterocycles. The molecule has 12 heavy (non-hydrogen) atoms. The van der Waals surface area contributed by atoms with Gasteiger partial charge in [-0.1, -0.05) is 6.07 Å². The summed E-state index contributed by atoms with van der Waals surface area (Å²) in [6, 6.07) is 5.82. The first-order chi connectivity index (χ1) is 5.79. The molecule has 0 bridgehead atoms. The molecule has 1 aromatic heterocycles. The summed E-state index contributed by atoms with van der Waals surface area (Å²) in [5.74, 6) is 0.925. The second-order valence-corrected chi connectivity index (χ2v) is 4.58. The van der Waals surface area contributed by atoms with Crippen molar-refractivity contribution >= 4 is 13.2 Å². The van der Waals surface area contributed by atoms with Gasteiger partial charge in [-0.15, -0.1) is 13.5 Å². The van der Waals surface area contributed by atoms with Crippen molar-refractivity contribution in [2.45, 2.75) is 0 Å². The van der Waals surface area contributed by atoms with Gasteiger partial charge in [0, 0.05) is 18.9 Å². The quantitative estimate of drug-likeness (QED) is 0.721. The van der Waals surface area contributed by atoms with Crippen LogP contribution < -0.4 is 5.32 Å². The van der Waals surface area contributed by atoms with Gasteiger partial charge in [-0.05, 0) is 18.8 Å². The van der Waals surface area contributed by atoms with Crippen LogP contribution in [0, 0.1) is 6.13 Å². The van der Waals surface area contributed by atoms with Crippen LogP contribution in [0.15, 0.2) is 24.4 Å². The second kappa shape index (κ2) is 4.82. The number of nitrogens with zero attached hydrogens (tertiary/aromatic N) is 1. The molecule has 0 radical (unpaired) electrons. The molecule has 0 aliphatic rings. The lowest BCUT2D eigenvalue weighted by atomic mass is 10.4. The van der Waals surface area contributed by atoms with Crippen LogP contribution in [0.5, 0.6) is 0 Å². The van der Waals surface area contributed by atoms with Gasteiger partial charge in [-0.3, -0.25) is 0 Å². The van der Waals surface area contributed by atoms with Crippen LogP contribution in [0.25, 0.3) is 0 Å². The Kier molecular flexibility index (Phi) is 3.66. The van der Waals surface area contributed by atoms with Crippen LogP contribution in [0.2, 0.25) is 0 Å². The van der Waals surface area contributed by atoms with E-state index in [2.05, 4.69) is 17.0 Å². The van der Waals surface area contributed by atoms with E-state index >= 15 is 0 Å². The van der Waals surface area contributed by atoms with E-state index in [-0.39, 0.29) is 7.38 Å². The topological polar surface area (TPSA) is 24.9 Å². The molecule has 1 aromatic rings. The molecule has 0 aliphatic carbocycles. The average Bonchev–Trinajstić information content (AvgIpc) is 2.05. The van der Waals surface area contributed by atoms with E-state index in [0.29, 0.717) is 0 Å². The van der Waals surface area contributed by atoms with Gasteiger partial charge >= 0.3 is 0 Å². The zero-order chi connectivity index (χ0) is 8.81. The van der Waals surface area contributed by atoms with Crippen molar-refractivity contribution in [1.29, 1.82) is 0 Å². The Bertz CT molecular complexity index is 286. The summed E-state index contributed by atoms with van der Waals surface area (Å²) in [6.07, 6.45) is 8.47. The lowest BCUT2D eigenvalue weighted by Crippen LogP contribution is -2.04. The lowest BCUT2D eigenvalue weighted by molar-refractivity contribution is 1.17. The molecule has 0 aliphatic heterocycles. The van der Waals surface area contributed by atoms with Crippen molar-refractivity contribution in [3.05, 3.63) is 24.4 Å². The van der Waals surface area contributed by atoms with Gasteiger partial charge in [-0.2, -0.15) is 0 Å². The summed E-state index contributed by atoms with van der Waals surface area (Å²) in [7, 11) is -0.287. The van der Waals surface area contributed by atoms with Crippen molar-refractivity contribution in [1.82, 2.24) is 4.98 Å². The normalized spacial score (nSPS) is 10.8. The van der Waals surface area contributed by atoms with Crippen LogP contribution in [0.4, 0.5) is 5.82 Å². The Balaban J connectivity index is 2.31. The number of hydrogen-bond acceptors (Lipinski definition) is 2. The third kappa shape index (κ3) is 3.43. The first kappa shape index (κ1) is 9.12. The van der Waals surface area contributed by atoms with E-state index in [9.17, 15) is 0 Å². The van der Waals surface area contributed by atoms with Crippen LogP contribution in [0.3, 0.4) is 0 Å². The van der Waals surface area contributed by atoms with E-state index in [4.69, 9.17) is 6.13 Å². The maximum absolute atomic E-state index is 5.66. The monoisotopic (exact) mass is 180 g/mol. The van der Waals surface area contributed by atoms with Crippen molar-refractivity contribution in [3.63, 3.8) is 0 Å². The highest BCUT2D eigenvalue weighted by molar-refractivity contribution is 7.45. The molecule has 2 nitrogen and oxygen atoms in total. The third-order valence-corrected chi connectivity index (χ3v) is 2.36. The van der Waals surface area contributed by atoms with Gasteiger partial charge in [0.05, 0.1) is 0 Å². The number of anilines is 1. The van der Waals surface area contributed by atoms with Crippen LogP contribution in [-0.4, -0.2) is 24.4 Å². The Labute approximate surface area is 74.1 Å². The van der Waals surface area contributed by atoms with Crippen LogP contribution >= 0.6 is 7.38 Å². The molecule has 1 atom stereocenters. The van der Waals surface area contributed by atoms with Crippen molar-refractivity contribution in [2.75, 3.05) is 24.7 Å². The fourth-order valence-corrected chi connectivity index (χ4v) is 1.29. The van der Waals surface area contributed by atoms with Crippen molar-refractivity contribution in [2.24, 2.45) is 0 Å². The highest BCUT2D eigenvalue weighted by Gasteiger charge is 1.89. The molecule has 1 heterocycles. The Morgan fingerprint density at radius 1 is 1.58 bits per heavy atom.